The van der Waals surface area contributed by atoms with Crippen molar-refractivity contribution in [3.8, 4) is 0 Å². The molecule has 0 bridgehead atoms. The van der Waals surface area contributed by atoms with Crippen LogP contribution < -0.4 is 9.80 Å². The van der Waals surface area contributed by atoms with Gasteiger partial charge in [0.1, 0.15) is 5.92 Å². The SMILES string of the molecule is O=C(C1CCN(c2ccc(Cl)cc2)C1=O)N1CCN(c2cccc([N+](=O)[O-])c2)CC1. The number of piperazine rings is 1. The van der Waals surface area contributed by atoms with E-state index in [-0.39, 0.29) is 17.5 Å². The number of nitrogens with zero attached hydrogens (tertiary/aromatic N) is 4. The van der Waals surface area contributed by atoms with Gasteiger partial charge in [0.15, 0.2) is 0 Å². The van der Waals surface area contributed by atoms with Crippen molar-refractivity contribution in [2.45, 2.75) is 6.42 Å². The van der Waals surface area contributed by atoms with Gasteiger partial charge >= 0.3 is 0 Å². The molecular formula is C21H21ClN4O4. The first-order valence-corrected chi connectivity index (χ1v) is 10.2. The third-order valence-corrected chi connectivity index (χ3v) is 5.89. The average molecular weight is 429 g/mol. The minimum atomic E-state index is -0.662. The molecule has 4 rings (SSSR count). The molecule has 0 saturated carbocycles. The molecule has 2 aromatic rings. The van der Waals surface area contributed by atoms with Crippen LogP contribution in [0.3, 0.4) is 0 Å². The van der Waals surface area contributed by atoms with E-state index in [1.165, 1.54) is 6.07 Å². The Morgan fingerprint density at radius 2 is 1.70 bits per heavy atom. The van der Waals surface area contributed by atoms with E-state index in [1.807, 2.05) is 11.0 Å². The van der Waals surface area contributed by atoms with Crippen molar-refractivity contribution in [3.05, 3.63) is 63.7 Å². The van der Waals surface area contributed by atoms with E-state index in [9.17, 15) is 19.7 Å². The molecule has 0 radical (unpaired) electrons. The van der Waals surface area contributed by atoms with E-state index < -0.39 is 10.8 Å². The first kappa shape index (κ1) is 20.2. The van der Waals surface area contributed by atoms with Gasteiger partial charge in [0.25, 0.3) is 5.69 Å². The Morgan fingerprint density at radius 1 is 1.00 bits per heavy atom. The second-order valence-electron chi connectivity index (χ2n) is 7.40. The summed E-state index contributed by atoms with van der Waals surface area (Å²) in [7, 11) is 0. The number of carbonyl (C=O) groups is 2. The summed E-state index contributed by atoms with van der Waals surface area (Å²) in [4.78, 5) is 41.8. The number of non-ortho nitro benzene ring substituents is 1. The van der Waals surface area contributed by atoms with Gasteiger partial charge in [0, 0.05) is 61.3 Å². The molecule has 2 saturated heterocycles. The van der Waals surface area contributed by atoms with Gasteiger partial charge in [-0.25, -0.2) is 0 Å². The fourth-order valence-corrected chi connectivity index (χ4v) is 4.12. The fourth-order valence-electron chi connectivity index (χ4n) is 4.00. The Labute approximate surface area is 178 Å². The summed E-state index contributed by atoms with van der Waals surface area (Å²) in [5.74, 6) is -0.983. The van der Waals surface area contributed by atoms with E-state index in [0.29, 0.717) is 44.2 Å². The molecule has 0 N–H and O–H groups in total. The van der Waals surface area contributed by atoms with Crippen LogP contribution >= 0.6 is 11.6 Å². The van der Waals surface area contributed by atoms with Crippen molar-refractivity contribution < 1.29 is 14.5 Å². The van der Waals surface area contributed by atoms with E-state index in [2.05, 4.69) is 0 Å². The lowest BCUT2D eigenvalue weighted by Crippen LogP contribution is -2.51. The lowest BCUT2D eigenvalue weighted by Gasteiger charge is -2.36. The average Bonchev–Trinajstić information content (AvgIpc) is 3.15. The van der Waals surface area contributed by atoms with Crippen LogP contribution in [0.4, 0.5) is 17.1 Å². The second-order valence-corrected chi connectivity index (χ2v) is 7.83. The molecule has 0 aromatic heterocycles. The molecule has 2 fully saturated rings. The van der Waals surface area contributed by atoms with Gasteiger partial charge in [-0.3, -0.25) is 19.7 Å². The van der Waals surface area contributed by atoms with Crippen LogP contribution in [0.25, 0.3) is 0 Å². The van der Waals surface area contributed by atoms with Crippen LogP contribution in [0.2, 0.25) is 5.02 Å². The van der Waals surface area contributed by atoms with Gasteiger partial charge < -0.3 is 14.7 Å². The Bertz CT molecular complexity index is 973. The molecule has 1 atom stereocenters. The van der Waals surface area contributed by atoms with Crippen LogP contribution in [-0.2, 0) is 9.59 Å². The molecule has 156 valence electrons. The normalized spacial score (nSPS) is 19.3. The highest BCUT2D eigenvalue weighted by Gasteiger charge is 2.40. The number of amides is 2. The number of rotatable bonds is 4. The van der Waals surface area contributed by atoms with Crippen molar-refractivity contribution in [3.63, 3.8) is 0 Å². The molecule has 0 spiro atoms. The lowest BCUT2D eigenvalue weighted by atomic mass is 10.1. The summed E-state index contributed by atoms with van der Waals surface area (Å²) >= 11 is 5.91. The molecule has 9 heteroatoms. The van der Waals surface area contributed by atoms with Crippen LogP contribution in [-0.4, -0.2) is 54.4 Å². The fraction of sp³-hybridized carbons (Fsp3) is 0.333. The number of hydrogen-bond donors (Lipinski definition) is 0. The van der Waals surface area contributed by atoms with E-state index in [1.54, 1.807) is 46.2 Å². The summed E-state index contributed by atoms with van der Waals surface area (Å²) in [6.07, 6.45) is 0.491. The zero-order chi connectivity index (χ0) is 21.3. The standard InChI is InChI=1S/C21H21ClN4O4/c22-15-4-6-16(7-5-15)25-9-8-19(21(25)28)20(27)24-12-10-23(11-13-24)17-2-1-3-18(14-17)26(29)30/h1-7,14,19H,8-13H2. The van der Waals surface area contributed by atoms with Gasteiger partial charge in [-0.15, -0.1) is 0 Å². The predicted molar refractivity (Wildman–Crippen MR) is 114 cm³/mol. The maximum absolute atomic E-state index is 13.0. The second kappa shape index (κ2) is 8.31. The number of benzene rings is 2. The first-order valence-electron chi connectivity index (χ1n) is 9.79. The maximum Gasteiger partial charge on any atom is 0.271 e. The molecule has 2 aromatic carbocycles. The first-order chi connectivity index (χ1) is 14.4. The molecule has 2 aliphatic rings. The highest BCUT2D eigenvalue weighted by molar-refractivity contribution is 6.30. The minimum Gasteiger partial charge on any atom is -0.368 e. The highest BCUT2D eigenvalue weighted by Crippen LogP contribution is 2.28. The zero-order valence-corrected chi connectivity index (χ0v) is 17.0. The Kier molecular flexibility index (Phi) is 5.59. The number of nitro benzene ring substituents is 1. The van der Waals surface area contributed by atoms with Crippen LogP contribution in [0, 0.1) is 16.0 Å². The number of halogens is 1. The quantitative estimate of drug-likeness (QED) is 0.424. The molecule has 2 heterocycles. The van der Waals surface area contributed by atoms with Crippen LogP contribution in [0.5, 0.6) is 0 Å². The van der Waals surface area contributed by atoms with Crippen molar-refractivity contribution in [2.75, 3.05) is 42.5 Å². The van der Waals surface area contributed by atoms with Crippen LogP contribution in [0.1, 0.15) is 6.42 Å². The zero-order valence-electron chi connectivity index (χ0n) is 16.2. The largest absolute Gasteiger partial charge is 0.368 e. The Morgan fingerprint density at radius 3 is 2.37 bits per heavy atom. The van der Waals surface area contributed by atoms with Crippen molar-refractivity contribution in [1.29, 1.82) is 0 Å². The van der Waals surface area contributed by atoms with E-state index in [4.69, 9.17) is 11.6 Å². The number of hydrogen-bond acceptors (Lipinski definition) is 5. The predicted octanol–water partition coefficient (Wildman–Crippen LogP) is 2.95. The molecule has 2 aliphatic heterocycles. The molecular weight excluding hydrogens is 408 g/mol. The van der Waals surface area contributed by atoms with Gasteiger partial charge in [0.2, 0.25) is 11.8 Å². The van der Waals surface area contributed by atoms with Crippen molar-refractivity contribution in [2.24, 2.45) is 5.92 Å². The van der Waals surface area contributed by atoms with E-state index >= 15 is 0 Å². The monoisotopic (exact) mass is 428 g/mol. The highest BCUT2D eigenvalue weighted by atomic mass is 35.5. The van der Waals surface area contributed by atoms with Gasteiger partial charge in [0.05, 0.1) is 4.92 Å². The van der Waals surface area contributed by atoms with Gasteiger partial charge in [-0.05, 0) is 36.8 Å². The number of carbonyl (C=O) groups excluding carboxylic acids is 2. The van der Waals surface area contributed by atoms with Crippen molar-refractivity contribution in [1.82, 2.24) is 4.90 Å². The molecule has 2 amide bonds. The Hall–Kier alpha value is -3.13. The third kappa shape index (κ3) is 3.95. The number of anilines is 2. The summed E-state index contributed by atoms with van der Waals surface area (Å²) < 4.78 is 0. The molecule has 1 unspecified atom stereocenters. The summed E-state index contributed by atoms with van der Waals surface area (Å²) in [5.41, 5.74) is 1.56. The maximum atomic E-state index is 13.0. The summed E-state index contributed by atoms with van der Waals surface area (Å²) in [5, 5.41) is 11.6. The number of nitro groups is 1. The summed E-state index contributed by atoms with van der Waals surface area (Å²) in [6, 6.07) is 13.5. The lowest BCUT2D eigenvalue weighted by molar-refractivity contribution is -0.384. The van der Waals surface area contributed by atoms with Crippen molar-refractivity contribution >= 4 is 40.5 Å². The molecule has 0 aliphatic carbocycles. The smallest absolute Gasteiger partial charge is 0.271 e. The minimum absolute atomic E-state index is 0.0462. The van der Waals surface area contributed by atoms with Gasteiger partial charge in [-0.1, -0.05) is 17.7 Å². The molecule has 30 heavy (non-hydrogen) atoms. The van der Waals surface area contributed by atoms with Crippen LogP contribution in [0.15, 0.2) is 48.5 Å². The van der Waals surface area contributed by atoms with E-state index in [0.717, 1.165) is 11.4 Å². The van der Waals surface area contributed by atoms with Gasteiger partial charge in [-0.2, -0.15) is 0 Å². The third-order valence-electron chi connectivity index (χ3n) is 5.64. The topological polar surface area (TPSA) is 87.0 Å². The molecule has 8 nitrogen and oxygen atoms in total. The summed E-state index contributed by atoms with van der Waals surface area (Å²) in [6.45, 7) is 2.59. The Balaban J connectivity index is 1.37.